The molecule has 45 heavy (non-hydrogen) atoms. The highest BCUT2D eigenvalue weighted by Crippen LogP contribution is 2.10. The fourth-order valence-corrected chi connectivity index (χ4v) is 4.57. The third kappa shape index (κ3) is 35.9. The maximum atomic E-state index is 12.1. The SMILES string of the molecule is CC/C=C\C/C=C\C/C=C\C/C=C\CCCCCCCCCOCC(CO)OC(=O)CCCCC/C=C\C/C=C\C/C=C\CC. The largest absolute Gasteiger partial charge is 0.457 e. The number of allylic oxidation sites excluding steroid dienone is 14. The van der Waals surface area contributed by atoms with Crippen LogP contribution in [0, 0.1) is 0 Å². The zero-order chi connectivity index (χ0) is 32.7. The molecule has 0 aromatic heterocycles. The predicted octanol–water partition coefficient (Wildman–Crippen LogP) is 11.6. The van der Waals surface area contributed by atoms with Crippen LogP contribution >= 0.6 is 0 Å². The van der Waals surface area contributed by atoms with E-state index in [0.29, 0.717) is 13.0 Å². The minimum atomic E-state index is -0.559. The van der Waals surface area contributed by atoms with Crippen molar-refractivity contribution in [1.29, 1.82) is 0 Å². The van der Waals surface area contributed by atoms with E-state index in [2.05, 4.69) is 98.9 Å². The normalized spacial score (nSPS) is 13.4. The van der Waals surface area contributed by atoms with Crippen LogP contribution in [0.5, 0.6) is 0 Å². The summed E-state index contributed by atoms with van der Waals surface area (Å²) in [6, 6.07) is 0. The van der Waals surface area contributed by atoms with E-state index in [0.717, 1.165) is 83.5 Å². The van der Waals surface area contributed by atoms with Gasteiger partial charge in [-0.2, -0.15) is 0 Å². The summed E-state index contributed by atoms with van der Waals surface area (Å²) in [6.07, 6.45) is 52.0. The standard InChI is InChI=1S/C41H68O4/c1-3-5-7-9-11-13-15-17-18-19-20-21-22-23-25-27-29-31-33-35-37-44-39-40(38-42)45-41(43)36-34-32-30-28-26-24-16-14-12-10-8-6-4-2/h5-8,11-14,17-18,20-21,24,26,40,42H,3-4,9-10,15-16,19,22-23,25,27-39H2,1-2H3/b7-5-,8-6-,13-11-,14-12-,18-17-,21-20-,26-24-. The Morgan fingerprint density at radius 2 is 0.933 bits per heavy atom. The second kappa shape index (κ2) is 37.8. The Kier molecular flexibility index (Phi) is 35.7. The maximum Gasteiger partial charge on any atom is 0.306 e. The van der Waals surface area contributed by atoms with Gasteiger partial charge in [0.15, 0.2) is 0 Å². The molecule has 1 unspecified atom stereocenters. The molecule has 0 amide bonds. The third-order valence-electron chi connectivity index (χ3n) is 7.22. The van der Waals surface area contributed by atoms with Crippen molar-refractivity contribution in [2.45, 2.75) is 148 Å². The van der Waals surface area contributed by atoms with E-state index in [1.54, 1.807) is 0 Å². The van der Waals surface area contributed by atoms with Gasteiger partial charge in [0.25, 0.3) is 0 Å². The number of aliphatic hydroxyl groups is 1. The molecule has 4 heteroatoms. The lowest BCUT2D eigenvalue weighted by molar-refractivity contribution is -0.154. The Morgan fingerprint density at radius 1 is 0.533 bits per heavy atom. The highest BCUT2D eigenvalue weighted by atomic mass is 16.6. The highest BCUT2D eigenvalue weighted by molar-refractivity contribution is 5.69. The summed E-state index contributed by atoms with van der Waals surface area (Å²) in [5, 5.41) is 9.55. The van der Waals surface area contributed by atoms with Gasteiger partial charge >= 0.3 is 5.97 Å². The van der Waals surface area contributed by atoms with Crippen LogP contribution in [0.15, 0.2) is 85.1 Å². The van der Waals surface area contributed by atoms with Crippen molar-refractivity contribution in [3.63, 3.8) is 0 Å². The van der Waals surface area contributed by atoms with Gasteiger partial charge in [-0.25, -0.2) is 0 Å². The average molecular weight is 625 g/mol. The van der Waals surface area contributed by atoms with Crippen LogP contribution in [0.4, 0.5) is 0 Å². The number of esters is 1. The van der Waals surface area contributed by atoms with E-state index in [4.69, 9.17) is 9.47 Å². The van der Waals surface area contributed by atoms with Gasteiger partial charge < -0.3 is 14.6 Å². The number of aliphatic hydroxyl groups excluding tert-OH is 1. The lowest BCUT2D eigenvalue weighted by atomic mass is 10.1. The van der Waals surface area contributed by atoms with Gasteiger partial charge in [0.05, 0.1) is 13.2 Å². The summed E-state index contributed by atoms with van der Waals surface area (Å²) in [4.78, 5) is 12.1. The molecular formula is C41H68O4. The van der Waals surface area contributed by atoms with Crippen molar-refractivity contribution in [2.24, 2.45) is 0 Å². The smallest absolute Gasteiger partial charge is 0.306 e. The fourth-order valence-electron chi connectivity index (χ4n) is 4.57. The summed E-state index contributed by atoms with van der Waals surface area (Å²) in [7, 11) is 0. The van der Waals surface area contributed by atoms with Crippen LogP contribution in [-0.4, -0.2) is 37.0 Å². The molecule has 0 bridgehead atoms. The van der Waals surface area contributed by atoms with Gasteiger partial charge in [0.1, 0.15) is 6.10 Å². The number of hydrogen-bond acceptors (Lipinski definition) is 4. The summed E-state index contributed by atoms with van der Waals surface area (Å²) in [5.41, 5.74) is 0. The summed E-state index contributed by atoms with van der Waals surface area (Å²) in [6.45, 7) is 5.04. The Morgan fingerprint density at radius 3 is 1.40 bits per heavy atom. The number of unbranched alkanes of at least 4 members (excludes halogenated alkanes) is 10. The molecular weight excluding hydrogens is 556 g/mol. The lowest BCUT2D eigenvalue weighted by Gasteiger charge is -2.15. The molecule has 0 aliphatic heterocycles. The van der Waals surface area contributed by atoms with Crippen molar-refractivity contribution < 1.29 is 19.4 Å². The van der Waals surface area contributed by atoms with Crippen LogP contribution in [0.1, 0.15) is 142 Å². The van der Waals surface area contributed by atoms with Gasteiger partial charge in [0, 0.05) is 13.0 Å². The number of carbonyl (C=O) groups is 1. The highest BCUT2D eigenvalue weighted by Gasteiger charge is 2.13. The minimum Gasteiger partial charge on any atom is -0.457 e. The predicted molar refractivity (Wildman–Crippen MR) is 195 cm³/mol. The van der Waals surface area contributed by atoms with E-state index in [1.807, 2.05) is 0 Å². The molecule has 1 N–H and O–H groups in total. The van der Waals surface area contributed by atoms with Gasteiger partial charge in [-0.1, -0.05) is 137 Å². The van der Waals surface area contributed by atoms with E-state index in [-0.39, 0.29) is 19.2 Å². The first-order chi connectivity index (χ1) is 22.2. The monoisotopic (exact) mass is 625 g/mol. The van der Waals surface area contributed by atoms with Crippen molar-refractivity contribution in [2.75, 3.05) is 19.8 Å². The second-order valence-corrected chi connectivity index (χ2v) is 11.5. The molecule has 0 fully saturated rings. The Bertz CT molecular complexity index is 830. The zero-order valence-corrected chi connectivity index (χ0v) is 29.1. The Hall–Kier alpha value is -2.43. The lowest BCUT2D eigenvalue weighted by Crippen LogP contribution is -2.27. The molecule has 0 heterocycles. The first-order valence-corrected chi connectivity index (χ1v) is 18.2. The van der Waals surface area contributed by atoms with Gasteiger partial charge in [-0.15, -0.1) is 0 Å². The molecule has 0 aliphatic carbocycles. The van der Waals surface area contributed by atoms with Crippen LogP contribution in [0.3, 0.4) is 0 Å². The maximum absolute atomic E-state index is 12.1. The van der Waals surface area contributed by atoms with Crippen molar-refractivity contribution in [3.05, 3.63) is 85.1 Å². The fraction of sp³-hybridized carbons (Fsp3) is 0.634. The topological polar surface area (TPSA) is 55.8 Å². The van der Waals surface area contributed by atoms with Gasteiger partial charge in [0.2, 0.25) is 0 Å². The Balaban J connectivity index is 3.54. The number of ether oxygens (including phenoxy) is 2. The van der Waals surface area contributed by atoms with Gasteiger partial charge in [-0.3, -0.25) is 4.79 Å². The van der Waals surface area contributed by atoms with Crippen molar-refractivity contribution >= 4 is 5.97 Å². The van der Waals surface area contributed by atoms with E-state index in [9.17, 15) is 9.90 Å². The van der Waals surface area contributed by atoms with Crippen LogP contribution in [0.25, 0.3) is 0 Å². The molecule has 256 valence electrons. The van der Waals surface area contributed by atoms with E-state index in [1.165, 1.54) is 38.5 Å². The zero-order valence-electron chi connectivity index (χ0n) is 29.1. The second-order valence-electron chi connectivity index (χ2n) is 11.5. The molecule has 0 rings (SSSR count). The number of rotatable bonds is 32. The van der Waals surface area contributed by atoms with Crippen LogP contribution in [-0.2, 0) is 14.3 Å². The van der Waals surface area contributed by atoms with Crippen molar-refractivity contribution in [3.8, 4) is 0 Å². The molecule has 0 aromatic carbocycles. The third-order valence-corrected chi connectivity index (χ3v) is 7.22. The summed E-state index contributed by atoms with van der Waals surface area (Å²) >= 11 is 0. The van der Waals surface area contributed by atoms with Crippen molar-refractivity contribution in [1.82, 2.24) is 0 Å². The molecule has 0 aromatic rings. The van der Waals surface area contributed by atoms with E-state index < -0.39 is 6.10 Å². The molecule has 0 spiro atoms. The first kappa shape index (κ1) is 42.6. The molecule has 0 saturated heterocycles. The van der Waals surface area contributed by atoms with Crippen LogP contribution in [0.2, 0.25) is 0 Å². The summed E-state index contributed by atoms with van der Waals surface area (Å²) < 4.78 is 11.1. The molecule has 0 radical (unpaired) electrons. The quantitative estimate of drug-likeness (QED) is 0.0459. The first-order valence-electron chi connectivity index (χ1n) is 18.2. The Labute approximate surface area is 278 Å². The van der Waals surface area contributed by atoms with Gasteiger partial charge in [-0.05, 0) is 83.5 Å². The summed E-state index contributed by atoms with van der Waals surface area (Å²) in [5.74, 6) is -0.238. The average Bonchev–Trinajstić information content (AvgIpc) is 3.05. The number of hydrogen-bond donors (Lipinski definition) is 1. The molecule has 0 aliphatic rings. The molecule has 4 nitrogen and oxygen atoms in total. The van der Waals surface area contributed by atoms with Crippen LogP contribution < -0.4 is 0 Å². The minimum absolute atomic E-state index is 0.194. The van der Waals surface area contributed by atoms with E-state index >= 15 is 0 Å². The number of carbonyl (C=O) groups excluding carboxylic acids is 1. The molecule has 1 atom stereocenters. The molecule has 0 saturated carbocycles.